The van der Waals surface area contributed by atoms with Gasteiger partial charge in [-0.1, -0.05) is 36.0 Å². The molecule has 19 heavy (non-hydrogen) atoms. The van der Waals surface area contributed by atoms with Crippen molar-refractivity contribution >= 4 is 33.2 Å². The van der Waals surface area contributed by atoms with E-state index < -0.39 is 22.2 Å². The average Bonchev–Trinajstić information content (AvgIpc) is 2.31. The SMILES string of the molecule is O=S(=O)(NC1CCCCC1O)c1ccc(Cl)cc1Cl. The maximum absolute atomic E-state index is 12.2. The summed E-state index contributed by atoms with van der Waals surface area (Å²) in [5, 5.41) is 10.3. The Morgan fingerprint density at radius 3 is 2.53 bits per heavy atom. The first-order valence-corrected chi connectivity index (χ1v) is 8.29. The molecule has 2 rings (SSSR count). The first kappa shape index (κ1) is 15.1. The summed E-state index contributed by atoms with van der Waals surface area (Å²) in [5.74, 6) is 0. The third kappa shape index (κ3) is 3.61. The number of nitrogens with one attached hydrogen (secondary N) is 1. The van der Waals surface area contributed by atoms with Crippen molar-refractivity contribution in [1.82, 2.24) is 4.72 Å². The molecule has 0 spiro atoms. The summed E-state index contributed by atoms with van der Waals surface area (Å²) >= 11 is 11.6. The lowest BCUT2D eigenvalue weighted by Gasteiger charge is -2.28. The van der Waals surface area contributed by atoms with Gasteiger partial charge in [-0.2, -0.15) is 0 Å². The van der Waals surface area contributed by atoms with Gasteiger partial charge in [0.25, 0.3) is 0 Å². The van der Waals surface area contributed by atoms with Gasteiger partial charge < -0.3 is 5.11 Å². The normalized spacial score (nSPS) is 24.4. The van der Waals surface area contributed by atoms with Gasteiger partial charge in [0.15, 0.2) is 0 Å². The van der Waals surface area contributed by atoms with Crippen LogP contribution in [0.3, 0.4) is 0 Å². The molecule has 1 saturated carbocycles. The lowest BCUT2D eigenvalue weighted by molar-refractivity contribution is 0.101. The van der Waals surface area contributed by atoms with E-state index in [4.69, 9.17) is 23.2 Å². The largest absolute Gasteiger partial charge is 0.391 e. The van der Waals surface area contributed by atoms with Crippen molar-refractivity contribution in [3.05, 3.63) is 28.2 Å². The van der Waals surface area contributed by atoms with Crippen LogP contribution >= 0.6 is 23.2 Å². The summed E-state index contributed by atoms with van der Waals surface area (Å²) in [6.45, 7) is 0. The molecule has 2 atom stereocenters. The predicted molar refractivity (Wildman–Crippen MR) is 75.0 cm³/mol. The third-order valence-electron chi connectivity index (χ3n) is 3.22. The number of benzene rings is 1. The average molecular weight is 324 g/mol. The highest BCUT2D eigenvalue weighted by Crippen LogP contribution is 2.26. The van der Waals surface area contributed by atoms with Crippen molar-refractivity contribution in [3.63, 3.8) is 0 Å². The molecule has 106 valence electrons. The number of aliphatic hydroxyl groups excluding tert-OH is 1. The number of hydrogen-bond acceptors (Lipinski definition) is 3. The molecule has 0 radical (unpaired) electrons. The van der Waals surface area contributed by atoms with E-state index in [-0.39, 0.29) is 9.92 Å². The number of sulfonamides is 1. The number of halogens is 2. The highest BCUT2D eigenvalue weighted by atomic mass is 35.5. The second-order valence-corrected chi connectivity index (χ2v) is 7.18. The van der Waals surface area contributed by atoms with Crippen molar-refractivity contribution in [2.24, 2.45) is 0 Å². The molecule has 1 aliphatic rings. The molecule has 0 heterocycles. The standard InChI is InChI=1S/C12H15Cl2NO3S/c13-8-5-6-12(9(14)7-8)19(17,18)15-10-3-1-2-4-11(10)16/h5-7,10-11,15-16H,1-4H2. The van der Waals surface area contributed by atoms with Crippen LogP contribution in [0.4, 0.5) is 0 Å². The Kier molecular flexibility index (Phi) is 4.74. The van der Waals surface area contributed by atoms with E-state index >= 15 is 0 Å². The van der Waals surface area contributed by atoms with Crippen LogP contribution in [-0.4, -0.2) is 25.7 Å². The molecule has 0 saturated heterocycles. The van der Waals surface area contributed by atoms with Crippen LogP contribution in [-0.2, 0) is 10.0 Å². The molecular formula is C12H15Cl2NO3S. The van der Waals surface area contributed by atoms with Gasteiger partial charge in [-0.25, -0.2) is 13.1 Å². The van der Waals surface area contributed by atoms with E-state index in [0.29, 0.717) is 17.9 Å². The molecule has 4 nitrogen and oxygen atoms in total. The van der Waals surface area contributed by atoms with Crippen molar-refractivity contribution in [2.75, 3.05) is 0 Å². The maximum atomic E-state index is 12.2. The van der Waals surface area contributed by atoms with Gasteiger partial charge in [0.1, 0.15) is 4.90 Å². The lowest BCUT2D eigenvalue weighted by Crippen LogP contribution is -2.45. The summed E-state index contributed by atoms with van der Waals surface area (Å²) in [5.41, 5.74) is 0. The van der Waals surface area contributed by atoms with E-state index in [2.05, 4.69) is 4.72 Å². The van der Waals surface area contributed by atoms with Gasteiger partial charge in [-0.3, -0.25) is 0 Å². The monoisotopic (exact) mass is 323 g/mol. The summed E-state index contributed by atoms with van der Waals surface area (Å²) in [4.78, 5) is -0.0173. The van der Waals surface area contributed by atoms with E-state index in [1.807, 2.05) is 0 Å². The fourth-order valence-electron chi connectivity index (χ4n) is 2.20. The molecule has 1 aliphatic carbocycles. The topological polar surface area (TPSA) is 66.4 Å². The van der Waals surface area contributed by atoms with Crippen LogP contribution in [0.2, 0.25) is 10.0 Å². The molecular weight excluding hydrogens is 309 g/mol. The summed E-state index contributed by atoms with van der Waals surface area (Å²) in [6.07, 6.45) is 2.42. The Morgan fingerprint density at radius 1 is 1.21 bits per heavy atom. The molecule has 1 aromatic rings. The zero-order valence-corrected chi connectivity index (χ0v) is 12.5. The van der Waals surface area contributed by atoms with Gasteiger partial charge in [-0.15, -0.1) is 0 Å². The molecule has 2 unspecified atom stereocenters. The number of rotatable bonds is 3. The summed E-state index contributed by atoms with van der Waals surface area (Å²) in [7, 11) is -3.74. The zero-order chi connectivity index (χ0) is 14.0. The Labute approximate surface area is 122 Å². The quantitative estimate of drug-likeness (QED) is 0.898. The van der Waals surface area contributed by atoms with Crippen LogP contribution in [0.15, 0.2) is 23.1 Å². The molecule has 1 fully saturated rings. The fraction of sp³-hybridized carbons (Fsp3) is 0.500. The van der Waals surface area contributed by atoms with Crippen LogP contribution in [0.25, 0.3) is 0 Å². The van der Waals surface area contributed by atoms with Gasteiger partial charge in [-0.05, 0) is 31.0 Å². The Morgan fingerprint density at radius 2 is 1.89 bits per heavy atom. The Bertz CT molecular complexity index is 562. The van der Waals surface area contributed by atoms with Gasteiger partial charge >= 0.3 is 0 Å². The molecule has 0 bridgehead atoms. The fourth-order valence-corrected chi connectivity index (χ4v) is 4.28. The lowest BCUT2D eigenvalue weighted by atomic mass is 9.93. The van der Waals surface area contributed by atoms with Crippen LogP contribution in [0, 0.1) is 0 Å². The minimum Gasteiger partial charge on any atom is -0.391 e. The van der Waals surface area contributed by atoms with Crippen molar-refractivity contribution in [3.8, 4) is 0 Å². The summed E-state index contributed by atoms with van der Waals surface area (Å²) < 4.78 is 27.0. The van der Waals surface area contributed by atoms with Gasteiger partial charge in [0, 0.05) is 11.1 Å². The molecule has 7 heteroatoms. The highest BCUT2D eigenvalue weighted by molar-refractivity contribution is 7.89. The smallest absolute Gasteiger partial charge is 0.242 e. The highest BCUT2D eigenvalue weighted by Gasteiger charge is 2.29. The predicted octanol–water partition coefficient (Wildman–Crippen LogP) is 2.58. The van der Waals surface area contributed by atoms with E-state index in [1.54, 1.807) is 0 Å². The van der Waals surface area contributed by atoms with Crippen molar-refractivity contribution in [2.45, 2.75) is 42.7 Å². The second-order valence-electron chi connectivity index (χ2n) is 4.65. The first-order chi connectivity index (χ1) is 8.90. The Hall–Kier alpha value is -0.330. The van der Waals surface area contributed by atoms with E-state index in [0.717, 1.165) is 12.8 Å². The summed E-state index contributed by atoms with van der Waals surface area (Å²) in [6, 6.07) is 3.77. The van der Waals surface area contributed by atoms with Gasteiger partial charge in [0.05, 0.1) is 11.1 Å². The van der Waals surface area contributed by atoms with Crippen LogP contribution in [0.1, 0.15) is 25.7 Å². The van der Waals surface area contributed by atoms with E-state index in [9.17, 15) is 13.5 Å². The Balaban J connectivity index is 2.22. The van der Waals surface area contributed by atoms with E-state index in [1.165, 1.54) is 18.2 Å². The first-order valence-electron chi connectivity index (χ1n) is 6.05. The molecule has 0 aliphatic heterocycles. The minimum absolute atomic E-state index is 0.0173. The van der Waals surface area contributed by atoms with Crippen LogP contribution in [0.5, 0.6) is 0 Å². The van der Waals surface area contributed by atoms with Gasteiger partial charge in [0.2, 0.25) is 10.0 Å². The molecule has 2 N–H and O–H groups in total. The van der Waals surface area contributed by atoms with Crippen LogP contribution < -0.4 is 4.72 Å². The minimum atomic E-state index is -3.74. The molecule has 0 aromatic heterocycles. The second kappa shape index (κ2) is 5.97. The number of hydrogen-bond donors (Lipinski definition) is 2. The van der Waals surface area contributed by atoms with Crippen molar-refractivity contribution < 1.29 is 13.5 Å². The maximum Gasteiger partial charge on any atom is 0.242 e. The number of aliphatic hydroxyl groups is 1. The molecule has 0 amide bonds. The zero-order valence-electron chi connectivity index (χ0n) is 10.1. The van der Waals surface area contributed by atoms with Crippen molar-refractivity contribution in [1.29, 1.82) is 0 Å². The molecule has 1 aromatic carbocycles. The third-order valence-corrected chi connectivity index (χ3v) is 5.43.